The van der Waals surface area contributed by atoms with Gasteiger partial charge in [0.05, 0.1) is 251 Å². The predicted molar refractivity (Wildman–Crippen MR) is 410 cm³/mol. The summed E-state index contributed by atoms with van der Waals surface area (Å²) in [4.78, 5) is 0. The first kappa shape index (κ1) is 123. The van der Waals surface area contributed by atoms with Crippen molar-refractivity contribution in [1.82, 2.24) is 0 Å². The highest BCUT2D eigenvalue weighted by Crippen LogP contribution is 2.49. The lowest BCUT2D eigenvalue weighted by Crippen LogP contribution is -2.10. The molecule has 2 rings (SSSR count). The molecule has 0 amide bonds. The standard InChI is InChI=1S/C11H25O7P.C9H21O7P.2C7H17O5P.C5H13O5P.C5H13O4P.C5H11O3P.C5H13O3P.C4H9O3P/c1-13-4-6-15-8-10-17-19(3,12)18-11-9-16-7-5-14-2;1-17(12,15-8-6-13-4-2-10)16-9-7-14-5-3-11;1-9-4-5-11-6-7-12-13(3,8)10-2;1-3-11-13(2,9)12-7-6-10-5-4-8;1-11(8,9-4-2-6)10-5-3-7;1-3-8-10(2,7)9-5-4-6;1-9(6)7-4-2-3-5-8-9;1-4-7-9(3,6)8-5-2;1-8(5)6-3-2-4-7-8/h4-11H2,1-3H3;10-11H,2-9H2,1H3;4-7H2,1-3H3;8H,3-7H2,1-2H3;6-7H,2-5H2,1H3;6H,3-5H2,1-2H3;2-5H2,1H3;4-5H2,1-3H3;2-4H2,1H3. The molecule has 6 N–H and O–H groups in total. The minimum Gasteiger partial charge on any atom is -0.394 e. The summed E-state index contributed by atoms with van der Waals surface area (Å²) in [6.07, 6.45) is 2.77. The van der Waals surface area contributed by atoms with E-state index in [4.69, 9.17) is 141 Å². The Labute approximate surface area is 648 Å². The SMILES string of the molecule is CCOP(C)(=O)OCC.CCOP(C)(=O)OCCO.CCOP(C)(=O)OCCOCCO.COCCOCCOP(C)(=O)OC.COCCOCCOP(C)(=O)OCCOCCOC.CP(=O)(OCCO)OCCO.CP(=O)(OCCOCCO)OCCOCCO.CP1(=O)OCCCCO1.CP1(=O)OCCCO1. The van der Waals surface area contributed by atoms with Crippen LogP contribution in [0.5, 0.6) is 0 Å². The maximum absolute atomic E-state index is 11.8. The van der Waals surface area contributed by atoms with Gasteiger partial charge in [0.25, 0.3) is 0 Å². The smallest absolute Gasteiger partial charge is 0.327 e. The minimum absolute atomic E-state index is 0.0147. The zero-order valence-electron chi connectivity index (χ0n) is 67.4. The van der Waals surface area contributed by atoms with Gasteiger partial charge < -0.3 is 155 Å². The van der Waals surface area contributed by atoms with Gasteiger partial charge in [-0.25, -0.2) is 0 Å². The van der Waals surface area contributed by atoms with E-state index in [1.54, 1.807) is 49.0 Å². The Hall–Kier alpha value is 0.750. The molecule has 0 saturated carbocycles. The second kappa shape index (κ2) is 83.8. The molecule has 42 nitrogen and oxygen atoms in total. The fourth-order valence-corrected chi connectivity index (χ4v) is 14.0. The molecular weight excluding hydrogens is 1650 g/mol. The fraction of sp³-hybridized carbons (Fsp3) is 1.00. The zero-order chi connectivity index (χ0) is 84.6. The molecule has 2 heterocycles. The molecule has 51 heteroatoms. The summed E-state index contributed by atoms with van der Waals surface area (Å²) >= 11 is 0. The third kappa shape index (κ3) is 109. The molecule has 0 aromatic rings. The van der Waals surface area contributed by atoms with Crippen molar-refractivity contribution in [2.75, 3.05) is 339 Å². The average Bonchev–Trinajstić information content (AvgIpc) is 1.33. The van der Waals surface area contributed by atoms with Gasteiger partial charge in [0, 0.05) is 88.4 Å². The Balaban J connectivity index is -0.000000217. The van der Waals surface area contributed by atoms with Crippen molar-refractivity contribution < 1.29 is 196 Å². The van der Waals surface area contributed by atoms with Crippen molar-refractivity contribution in [3.05, 3.63) is 0 Å². The van der Waals surface area contributed by atoms with Gasteiger partial charge in [-0.05, 0) is 47.0 Å². The van der Waals surface area contributed by atoms with E-state index in [9.17, 15) is 41.1 Å². The molecule has 2 aliphatic rings. The fourth-order valence-electron chi connectivity index (χ4n) is 5.90. The van der Waals surface area contributed by atoms with Crippen LogP contribution in [-0.4, -0.2) is 370 Å². The van der Waals surface area contributed by atoms with E-state index < -0.39 is 68.4 Å². The molecule has 0 aromatic carbocycles. The van der Waals surface area contributed by atoms with Gasteiger partial charge >= 0.3 is 68.4 Å². The van der Waals surface area contributed by atoms with E-state index in [1.807, 2.05) is 0 Å². The number of aliphatic hydroxyl groups is 6. The second-order valence-corrected chi connectivity index (χ2v) is 39.3. The lowest BCUT2D eigenvalue weighted by molar-refractivity contribution is 0.0412. The van der Waals surface area contributed by atoms with Crippen molar-refractivity contribution in [2.24, 2.45) is 0 Å². The van der Waals surface area contributed by atoms with Crippen LogP contribution in [0.2, 0.25) is 0 Å². The van der Waals surface area contributed by atoms with Crippen molar-refractivity contribution in [2.45, 2.75) is 47.0 Å². The molecule has 668 valence electrons. The summed E-state index contributed by atoms with van der Waals surface area (Å²) in [5.74, 6) is 0. The summed E-state index contributed by atoms with van der Waals surface area (Å²) in [7, 11) is -19.5. The maximum Gasteiger partial charge on any atom is 0.327 e. The van der Waals surface area contributed by atoms with Crippen LogP contribution in [0.4, 0.5) is 0 Å². The molecule has 2 aliphatic heterocycles. The van der Waals surface area contributed by atoms with Crippen LogP contribution in [0.1, 0.15) is 47.0 Å². The normalized spacial score (nSPS) is 15.7. The monoisotopic (exact) mass is 1790 g/mol. The first-order valence-electron chi connectivity index (χ1n) is 34.6. The van der Waals surface area contributed by atoms with Crippen molar-refractivity contribution in [3.8, 4) is 0 Å². The summed E-state index contributed by atoms with van der Waals surface area (Å²) in [6.45, 7) is 30.1. The number of hydrogen-bond acceptors (Lipinski definition) is 42. The van der Waals surface area contributed by atoms with E-state index in [0.29, 0.717) is 119 Å². The summed E-state index contributed by atoms with van der Waals surface area (Å²) < 4.78 is 233. The summed E-state index contributed by atoms with van der Waals surface area (Å²) in [5.41, 5.74) is 0. The highest BCUT2D eigenvalue weighted by molar-refractivity contribution is 7.55. The van der Waals surface area contributed by atoms with Crippen molar-refractivity contribution in [3.63, 3.8) is 0 Å². The molecule has 0 bridgehead atoms. The Bertz CT molecular complexity index is 2310. The average molecular weight is 1790 g/mol. The molecular formula is C58H139O42P9. The van der Waals surface area contributed by atoms with E-state index >= 15 is 0 Å². The number of aliphatic hydroxyl groups excluding tert-OH is 6. The van der Waals surface area contributed by atoms with Gasteiger partial charge in [0.15, 0.2) is 0 Å². The minimum atomic E-state index is -3.07. The number of hydrogen-bond donors (Lipinski definition) is 6. The number of methoxy groups -OCH3 is 3. The molecule has 3 atom stereocenters. The van der Waals surface area contributed by atoms with Gasteiger partial charge in [-0.1, -0.05) is 0 Å². The topological polar surface area (TPSA) is 524 Å². The van der Waals surface area contributed by atoms with Crippen LogP contribution in [0.3, 0.4) is 0 Å². The van der Waals surface area contributed by atoms with Crippen LogP contribution in [0.15, 0.2) is 0 Å². The van der Waals surface area contributed by atoms with Gasteiger partial charge in [-0.15, -0.1) is 0 Å². The highest BCUT2D eigenvalue weighted by atomic mass is 31.2. The Morgan fingerprint density at radius 3 is 0.624 bits per heavy atom. The molecule has 0 aromatic heterocycles. The Morgan fingerprint density at radius 2 is 0.431 bits per heavy atom. The van der Waals surface area contributed by atoms with Crippen LogP contribution in [0, 0.1) is 0 Å². The van der Waals surface area contributed by atoms with Crippen molar-refractivity contribution in [1.29, 1.82) is 0 Å². The number of ether oxygens (including phenoxy) is 9. The van der Waals surface area contributed by atoms with Gasteiger partial charge in [0.1, 0.15) is 0 Å². The van der Waals surface area contributed by atoms with Gasteiger partial charge in [-0.2, -0.15) is 0 Å². The second-order valence-electron chi connectivity index (χ2n) is 20.7. The van der Waals surface area contributed by atoms with Crippen LogP contribution in [0.25, 0.3) is 0 Å². The first-order valence-corrected chi connectivity index (χ1v) is 52.5. The van der Waals surface area contributed by atoms with E-state index in [0.717, 1.165) is 19.3 Å². The maximum atomic E-state index is 11.8. The Morgan fingerprint density at radius 1 is 0.257 bits per heavy atom. The summed E-state index contributed by atoms with van der Waals surface area (Å²) in [5, 5.41) is 50.1. The Kier molecular flexibility index (Phi) is 94.5. The molecule has 0 radical (unpaired) electrons. The van der Waals surface area contributed by atoms with E-state index in [2.05, 4.69) is 13.6 Å². The molecule has 2 saturated heterocycles. The third-order valence-electron chi connectivity index (χ3n) is 10.5. The predicted octanol–water partition coefficient (Wildman–Crippen LogP) is 8.48. The first-order chi connectivity index (χ1) is 51.3. The lowest BCUT2D eigenvalue weighted by atomic mass is 10.3. The lowest BCUT2D eigenvalue weighted by Gasteiger charge is -2.18. The summed E-state index contributed by atoms with van der Waals surface area (Å²) in [6, 6.07) is 0. The largest absolute Gasteiger partial charge is 0.394 e. The molecule has 0 spiro atoms. The van der Waals surface area contributed by atoms with Crippen molar-refractivity contribution >= 4 is 68.4 Å². The van der Waals surface area contributed by atoms with E-state index in [-0.39, 0.29) is 132 Å². The quantitative estimate of drug-likeness (QED) is 0.0245. The number of rotatable bonds is 57. The molecule has 0 aliphatic carbocycles. The van der Waals surface area contributed by atoms with E-state index in [1.165, 1.54) is 67.1 Å². The molecule has 2 fully saturated rings. The van der Waals surface area contributed by atoms with Crippen LogP contribution >= 0.6 is 68.4 Å². The van der Waals surface area contributed by atoms with Crippen LogP contribution in [-0.2, 0) is 165 Å². The molecule has 3 unspecified atom stereocenters. The zero-order valence-corrected chi connectivity index (χ0v) is 75.4. The highest BCUT2D eigenvalue weighted by Gasteiger charge is 2.23. The van der Waals surface area contributed by atoms with Gasteiger partial charge in [-0.3, -0.25) is 41.1 Å². The third-order valence-corrected chi connectivity index (χ3v) is 22.5. The molecule has 109 heavy (non-hydrogen) atoms. The van der Waals surface area contributed by atoms with Gasteiger partial charge in [0.2, 0.25) is 0 Å². The van der Waals surface area contributed by atoms with Crippen LogP contribution < -0.4 is 0 Å².